The van der Waals surface area contributed by atoms with E-state index in [9.17, 15) is 0 Å². The van der Waals surface area contributed by atoms with E-state index in [0.717, 1.165) is 55.5 Å². The van der Waals surface area contributed by atoms with Gasteiger partial charge in [-0.25, -0.2) is 0 Å². The quantitative estimate of drug-likeness (QED) is 0.199. The van der Waals surface area contributed by atoms with Gasteiger partial charge in [0.1, 0.15) is 11.2 Å². The van der Waals surface area contributed by atoms with Crippen LogP contribution in [0.1, 0.15) is 0 Å². The molecule has 8 aromatic carbocycles. The molecule has 0 saturated heterocycles. The van der Waals surface area contributed by atoms with Gasteiger partial charge in [0.2, 0.25) is 0 Å². The molecule has 0 bridgehead atoms. The summed E-state index contributed by atoms with van der Waals surface area (Å²) in [6.45, 7) is 0. The second-order valence-electron chi connectivity index (χ2n) is 11.8. The first-order valence-corrected chi connectivity index (χ1v) is 15.7. The van der Waals surface area contributed by atoms with Crippen LogP contribution in [0, 0.1) is 0 Å². The number of fused-ring (bicyclic) bond motifs is 6. The number of hydrogen-bond acceptors (Lipinski definition) is 2. The molecule has 0 radical (unpaired) electrons. The Morgan fingerprint density at radius 3 is 1.76 bits per heavy atom. The highest BCUT2D eigenvalue weighted by Gasteiger charge is 2.21. The van der Waals surface area contributed by atoms with Crippen LogP contribution in [0.15, 0.2) is 180 Å². The van der Waals surface area contributed by atoms with Gasteiger partial charge in [0.15, 0.2) is 0 Å². The third kappa shape index (κ3) is 4.43. The van der Waals surface area contributed by atoms with E-state index in [2.05, 4.69) is 181 Å². The SMILES string of the molecule is c1ccc(-c2ccc(N(c3ccc4ccccc4c3)c3cc4oc5c6ccccc6ccc5c4cc3-c3ccccc3)cc2)cc1. The molecule has 0 unspecified atom stereocenters. The van der Waals surface area contributed by atoms with E-state index in [1.165, 1.54) is 27.3 Å². The zero-order valence-electron chi connectivity index (χ0n) is 25.1. The van der Waals surface area contributed by atoms with Crippen LogP contribution in [-0.4, -0.2) is 0 Å². The number of anilines is 3. The van der Waals surface area contributed by atoms with Gasteiger partial charge in [-0.15, -0.1) is 0 Å². The molecule has 0 aliphatic rings. The maximum absolute atomic E-state index is 6.74. The van der Waals surface area contributed by atoms with Gasteiger partial charge in [-0.2, -0.15) is 0 Å². The lowest BCUT2D eigenvalue weighted by atomic mass is 9.97. The maximum Gasteiger partial charge on any atom is 0.143 e. The summed E-state index contributed by atoms with van der Waals surface area (Å²) >= 11 is 0. The molecule has 0 amide bonds. The van der Waals surface area contributed by atoms with Crippen LogP contribution in [0.25, 0.3) is 65.7 Å². The Bertz CT molecular complexity index is 2510. The lowest BCUT2D eigenvalue weighted by Gasteiger charge is -2.28. The largest absolute Gasteiger partial charge is 0.455 e. The summed E-state index contributed by atoms with van der Waals surface area (Å²) in [5.41, 5.74) is 9.70. The van der Waals surface area contributed by atoms with Gasteiger partial charge in [-0.1, -0.05) is 133 Å². The Hall–Kier alpha value is -6.12. The minimum absolute atomic E-state index is 0.868. The van der Waals surface area contributed by atoms with Crippen LogP contribution in [0.3, 0.4) is 0 Å². The van der Waals surface area contributed by atoms with Gasteiger partial charge in [-0.05, 0) is 69.2 Å². The molecule has 0 fully saturated rings. The van der Waals surface area contributed by atoms with Gasteiger partial charge in [-0.3, -0.25) is 0 Å². The highest BCUT2D eigenvalue weighted by molar-refractivity contribution is 6.16. The number of furan rings is 1. The molecule has 0 saturated carbocycles. The highest BCUT2D eigenvalue weighted by atomic mass is 16.3. The Morgan fingerprint density at radius 1 is 0.370 bits per heavy atom. The van der Waals surface area contributed by atoms with Crippen LogP contribution in [0.2, 0.25) is 0 Å². The van der Waals surface area contributed by atoms with E-state index in [0.29, 0.717) is 0 Å². The molecule has 1 aromatic heterocycles. The molecule has 46 heavy (non-hydrogen) atoms. The van der Waals surface area contributed by atoms with Crippen LogP contribution >= 0.6 is 0 Å². The fourth-order valence-corrected chi connectivity index (χ4v) is 6.75. The van der Waals surface area contributed by atoms with Crippen molar-refractivity contribution in [2.24, 2.45) is 0 Å². The minimum atomic E-state index is 0.868. The van der Waals surface area contributed by atoms with E-state index in [1.54, 1.807) is 0 Å². The molecule has 216 valence electrons. The average Bonchev–Trinajstić information content (AvgIpc) is 3.50. The normalized spacial score (nSPS) is 11.5. The summed E-state index contributed by atoms with van der Waals surface area (Å²) in [5, 5.41) is 6.95. The van der Waals surface area contributed by atoms with Gasteiger partial charge in [0, 0.05) is 39.2 Å². The zero-order chi connectivity index (χ0) is 30.5. The summed E-state index contributed by atoms with van der Waals surface area (Å²) in [6.07, 6.45) is 0. The standard InChI is InChI=1S/C44H29NO/c1-3-11-30(12-4-1)32-19-23-36(24-20-32)45(37-25-21-31-13-7-8-17-35(31)27-37)42-29-43-41(28-40(42)33-14-5-2-6-15-33)39-26-22-34-16-9-10-18-38(34)44(39)46-43/h1-29H. The molecule has 0 N–H and O–H groups in total. The third-order valence-electron chi connectivity index (χ3n) is 9.03. The number of nitrogens with zero attached hydrogens (tertiary/aromatic N) is 1. The lowest BCUT2D eigenvalue weighted by Crippen LogP contribution is -2.11. The Labute approximate surface area is 267 Å². The second kappa shape index (κ2) is 10.8. The fraction of sp³-hybridized carbons (Fsp3) is 0. The highest BCUT2D eigenvalue weighted by Crippen LogP contribution is 2.46. The van der Waals surface area contributed by atoms with Crippen molar-refractivity contribution in [3.63, 3.8) is 0 Å². The van der Waals surface area contributed by atoms with Gasteiger partial charge >= 0.3 is 0 Å². The predicted octanol–water partition coefficient (Wildman–Crippen LogP) is 12.7. The van der Waals surface area contributed by atoms with Gasteiger partial charge in [0.25, 0.3) is 0 Å². The summed E-state index contributed by atoms with van der Waals surface area (Å²) in [5.74, 6) is 0. The molecular formula is C44H29NO. The monoisotopic (exact) mass is 587 g/mol. The van der Waals surface area contributed by atoms with Crippen LogP contribution in [0.4, 0.5) is 17.1 Å². The number of benzene rings is 8. The first kappa shape index (κ1) is 26.3. The first-order valence-electron chi connectivity index (χ1n) is 15.7. The van der Waals surface area contributed by atoms with Crippen molar-refractivity contribution in [2.45, 2.75) is 0 Å². The molecule has 0 spiro atoms. The Kier molecular flexibility index (Phi) is 6.17. The van der Waals surface area contributed by atoms with E-state index >= 15 is 0 Å². The summed E-state index contributed by atoms with van der Waals surface area (Å²) in [7, 11) is 0. The molecular weight excluding hydrogens is 558 g/mol. The fourth-order valence-electron chi connectivity index (χ4n) is 6.75. The van der Waals surface area contributed by atoms with Crippen molar-refractivity contribution < 1.29 is 4.42 Å². The molecule has 2 nitrogen and oxygen atoms in total. The van der Waals surface area contributed by atoms with Crippen molar-refractivity contribution in [3.8, 4) is 22.3 Å². The topological polar surface area (TPSA) is 16.4 Å². The maximum atomic E-state index is 6.74. The Balaban J connectivity index is 1.32. The molecule has 0 aliphatic carbocycles. The van der Waals surface area contributed by atoms with Crippen LogP contribution < -0.4 is 4.90 Å². The average molecular weight is 588 g/mol. The summed E-state index contributed by atoms with van der Waals surface area (Å²) < 4.78 is 6.74. The van der Waals surface area contributed by atoms with E-state index in [1.807, 2.05) is 0 Å². The van der Waals surface area contributed by atoms with E-state index in [-0.39, 0.29) is 0 Å². The van der Waals surface area contributed by atoms with Crippen molar-refractivity contribution in [3.05, 3.63) is 176 Å². The molecule has 9 rings (SSSR count). The minimum Gasteiger partial charge on any atom is -0.455 e. The summed E-state index contributed by atoms with van der Waals surface area (Å²) in [6, 6.07) is 62.7. The molecule has 1 heterocycles. The molecule has 0 atom stereocenters. The van der Waals surface area contributed by atoms with Crippen molar-refractivity contribution in [2.75, 3.05) is 4.90 Å². The van der Waals surface area contributed by atoms with Crippen LogP contribution in [0.5, 0.6) is 0 Å². The van der Waals surface area contributed by atoms with Crippen LogP contribution in [-0.2, 0) is 0 Å². The molecule has 9 aromatic rings. The first-order chi connectivity index (χ1) is 22.8. The second-order valence-corrected chi connectivity index (χ2v) is 11.8. The summed E-state index contributed by atoms with van der Waals surface area (Å²) in [4.78, 5) is 2.37. The van der Waals surface area contributed by atoms with Crippen molar-refractivity contribution in [1.29, 1.82) is 0 Å². The number of hydrogen-bond donors (Lipinski definition) is 0. The smallest absolute Gasteiger partial charge is 0.143 e. The third-order valence-corrected chi connectivity index (χ3v) is 9.03. The number of rotatable bonds is 5. The molecule has 2 heteroatoms. The van der Waals surface area contributed by atoms with Gasteiger partial charge < -0.3 is 9.32 Å². The van der Waals surface area contributed by atoms with E-state index < -0.39 is 0 Å². The van der Waals surface area contributed by atoms with Crippen molar-refractivity contribution in [1.82, 2.24) is 0 Å². The zero-order valence-corrected chi connectivity index (χ0v) is 25.1. The predicted molar refractivity (Wildman–Crippen MR) is 194 cm³/mol. The van der Waals surface area contributed by atoms with Gasteiger partial charge in [0.05, 0.1) is 5.69 Å². The van der Waals surface area contributed by atoms with E-state index in [4.69, 9.17) is 4.42 Å². The molecule has 0 aliphatic heterocycles. The lowest BCUT2D eigenvalue weighted by molar-refractivity contribution is 0.673. The van der Waals surface area contributed by atoms with Crippen molar-refractivity contribution >= 4 is 60.5 Å². The Morgan fingerprint density at radius 2 is 0.978 bits per heavy atom.